The molecule has 36 heavy (non-hydrogen) atoms. The third-order valence-electron chi connectivity index (χ3n) is 5.93. The maximum Gasteiger partial charge on any atom is 0.338 e. The number of hydrogen-bond donors (Lipinski definition) is 1. The normalized spacial score (nSPS) is 16.8. The van der Waals surface area contributed by atoms with Crippen molar-refractivity contribution in [1.82, 2.24) is 10.2 Å². The van der Waals surface area contributed by atoms with E-state index in [9.17, 15) is 9.59 Å². The van der Waals surface area contributed by atoms with Gasteiger partial charge in [-0.15, -0.1) is 0 Å². The van der Waals surface area contributed by atoms with Crippen molar-refractivity contribution < 1.29 is 18.7 Å². The van der Waals surface area contributed by atoms with Crippen LogP contribution in [0.2, 0.25) is 0 Å². The quantitative estimate of drug-likeness (QED) is 0.423. The first-order valence-electron chi connectivity index (χ1n) is 11.6. The fourth-order valence-electron chi connectivity index (χ4n) is 4.21. The van der Waals surface area contributed by atoms with Crippen molar-refractivity contribution >= 4 is 28.8 Å². The molecule has 0 radical (unpaired) electrons. The zero-order valence-electron chi connectivity index (χ0n) is 19.7. The molecular weight excluding hydrogens is 474 g/mol. The Hall–Kier alpha value is -4.04. The van der Waals surface area contributed by atoms with Crippen LogP contribution in [-0.4, -0.2) is 21.9 Å². The fourth-order valence-corrected chi connectivity index (χ4v) is 5.17. The summed E-state index contributed by atoms with van der Waals surface area (Å²) >= 11 is 1.45. The van der Waals surface area contributed by atoms with E-state index in [1.165, 1.54) is 11.8 Å². The largest absolute Gasteiger partial charge is 0.467 e. The molecule has 1 unspecified atom stereocenters. The number of carbonyl (C=O) groups is 2. The number of benzene rings is 2. The number of nitrogens with zero attached hydrogens (tertiary/aromatic N) is 2. The van der Waals surface area contributed by atoms with Crippen LogP contribution in [0.3, 0.4) is 0 Å². The molecule has 182 valence electrons. The lowest BCUT2D eigenvalue weighted by Gasteiger charge is -2.36. The van der Waals surface area contributed by atoms with Gasteiger partial charge in [-0.1, -0.05) is 72.4 Å². The fraction of sp³-hybridized carbons (Fsp3) is 0.179. The number of carbonyl (C=O) groups excluding carboxylic acids is 2. The van der Waals surface area contributed by atoms with Crippen LogP contribution in [-0.2, 0) is 27.5 Å². The zero-order chi connectivity index (χ0) is 24.9. The molecule has 1 aromatic heterocycles. The second-order valence-electron chi connectivity index (χ2n) is 8.40. The molecule has 1 amide bonds. The summed E-state index contributed by atoms with van der Waals surface area (Å²) in [4.78, 5) is 32.9. The van der Waals surface area contributed by atoms with Gasteiger partial charge in [-0.3, -0.25) is 4.79 Å². The Kier molecular flexibility index (Phi) is 7.04. The minimum absolute atomic E-state index is 0.140. The summed E-state index contributed by atoms with van der Waals surface area (Å²) in [5.41, 5.74) is 3.67. The molecule has 7 nitrogen and oxygen atoms in total. The van der Waals surface area contributed by atoms with Crippen molar-refractivity contribution in [3.8, 4) is 0 Å². The van der Waals surface area contributed by atoms with Gasteiger partial charge in [0.1, 0.15) is 12.4 Å². The first-order valence-corrected chi connectivity index (χ1v) is 12.5. The lowest BCUT2D eigenvalue weighted by Crippen LogP contribution is -2.38. The molecule has 1 atom stereocenters. The van der Waals surface area contributed by atoms with Crippen molar-refractivity contribution in [3.05, 3.63) is 118 Å². The van der Waals surface area contributed by atoms with Crippen LogP contribution >= 0.6 is 11.8 Å². The van der Waals surface area contributed by atoms with Crippen LogP contribution in [0.25, 0.3) is 0 Å². The van der Waals surface area contributed by atoms with Gasteiger partial charge in [-0.25, -0.2) is 9.79 Å². The van der Waals surface area contributed by atoms with Crippen molar-refractivity contribution in [2.75, 3.05) is 0 Å². The summed E-state index contributed by atoms with van der Waals surface area (Å²) in [5.74, 6) is 0.111. The predicted molar refractivity (Wildman–Crippen MR) is 138 cm³/mol. The Labute approximate surface area is 213 Å². The highest BCUT2D eigenvalue weighted by atomic mass is 32.2. The minimum atomic E-state index is -0.457. The highest BCUT2D eigenvalue weighted by molar-refractivity contribution is 8.16. The van der Waals surface area contributed by atoms with Crippen molar-refractivity contribution in [2.24, 2.45) is 4.99 Å². The average molecular weight is 500 g/mol. The van der Waals surface area contributed by atoms with E-state index in [0.29, 0.717) is 23.6 Å². The lowest BCUT2D eigenvalue weighted by molar-refractivity contribution is -0.141. The third kappa shape index (κ3) is 5.13. The molecule has 5 rings (SSSR count). The highest BCUT2D eigenvalue weighted by Crippen LogP contribution is 2.44. The second kappa shape index (κ2) is 10.7. The van der Waals surface area contributed by atoms with Gasteiger partial charge in [0.25, 0.3) is 0 Å². The molecule has 8 heteroatoms. The molecule has 0 fully saturated rings. The van der Waals surface area contributed by atoms with Crippen LogP contribution in [0.5, 0.6) is 0 Å². The molecule has 3 heterocycles. The lowest BCUT2D eigenvalue weighted by atomic mass is 9.94. The number of esters is 1. The van der Waals surface area contributed by atoms with Gasteiger partial charge in [0.15, 0.2) is 5.17 Å². The molecule has 2 aromatic carbocycles. The van der Waals surface area contributed by atoms with E-state index in [0.717, 1.165) is 22.0 Å². The predicted octanol–water partition coefficient (Wildman–Crippen LogP) is 5.30. The molecule has 0 saturated carbocycles. The maximum atomic E-state index is 13.4. The van der Waals surface area contributed by atoms with E-state index >= 15 is 0 Å². The number of nitrogens with one attached hydrogen (secondary N) is 1. The minimum Gasteiger partial charge on any atom is -0.467 e. The monoisotopic (exact) mass is 499 g/mol. The van der Waals surface area contributed by atoms with E-state index in [-0.39, 0.29) is 18.9 Å². The number of aliphatic imine (C=N–C) groups is 1. The summed E-state index contributed by atoms with van der Waals surface area (Å²) in [6.07, 6.45) is 1.72. The number of fused-ring (bicyclic) bond motifs is 1. The summed E-state index contributed by atoms with van der Waals surface area (Å²) in [7, 11) is 0. The van der Waals surface area contributed by atoms with Gasteiger partial charge in [-0.05, 0) is 35.6 Å². The van der Waals surface area contributed by atoms with Gasteiger partial charge < -0.3 is 19.4 Å². The van der Waals surface area contributed by atoms with Gasteiger partial charge in [0, 0.05) is 5.70 Å². The zero-order valence-corrected chi connectivity index (χ0v) is 20.5. The molecule has 3 aromatic rings. The van der Waals surface area contributed by atoms with Gasteiger partial charge in [0.05, 0.1) is 36.5 Å². The number of furan rings is 1. The van der Waals surface area contributed by atoms with Crippen LogP contribution in [0, 0.1) is 0 Å². The van der Waals surface area contributed by atoms with E-state index in [1.807, 2.05) is 84.0 Å². The van der Waals surface area contributed by atoms with Crippen LogP contribution in [0.1, 0.15) is 36.3 Å². The molecule has 0 saturated heterocycles. The number of hydrogen-bond acceptors (Lipinski definition) is 7. The number of ether oxygens (including phenoxy) is 1. The molecule has 0 spiro atoms. The van der Waals surface area contributed by atoms with Crippen molar-refractivity contribution in [2.45, 2.75) is 32.5 Å². The van der Waals surface area contributed by atoms with Crippen molar-refractivity contribution in [3.63, 3.8) is 0 Å². The van der Waals surface area contributed by atoms with Crippen LogP contribution < -0.4 is 5.32 Å². The highest BCUT2D eigenvalue weighted by Gasteiger charge is 2.41. The molecule has 0 aliphatic carbocycles. The Morgan fingerprint density at radius 2 is 1.81 bits per heavy atom. The smallest absolute Gasteiger partial charge is 0.338 e. The van der Waals surface area contributed by atoms with Gasteiger partial charge >= 0.3 is 5.97 Å². The molecular formula is C28H25N3O4S. The maximum absolute atomic E-state index is 13.4. The average Bonchev–Trinajstić information content (AvgIpc) is 3.56. The first kappa shape index (κ1) is 23.7. The van der Waals surface area contributed by atoms with Gasteiger partial charge in [-0.2, -0.15) is 0 Å². The molecule has 2 aliphatic heterocycles. The van der Waals surface area contributed by atoms with E-state index in [4.69, 9.17) is 14.1 Å². The first-order chi connectivity index (χ1) is 17.6. The third-order valence-corrected chi connectivity index (χ3v) is 6.82. The second-order valence-corrected chi connectivity index (χ2v) is 9.23. The standard InChI is InChI=1S/C28H25N3O4S/c1-19-25(27(33)35-17-20-9-4-2-5-10-20)26(21-11-6-3-7-12-21)31-22(18-36-28(31)30-19)15-24(32)29-16-23-13-8-14-34-23/h2-14,18,26H,15-17H2,1H3,(H,29,32). The van der Waals surface area contributed by atoms with E-state index in [1.54, 1.807) is 12.3 Å². The Balaban J connectivity index is 1.39. The number of rotatable bonds is 8. The van der Waals surface area contributed by atoms with E-state index < -0.39 is 12.0 Å². The number of thioether (sulfide) groups is 1. The molecule has 0 bridgehead atoms. The number of amides is 1. The number of amidine groups is 1. The van der Waals surface area contributed by atoms with E-state index in [2.05, 4.69) is 5.32 Å². The summed E-state index contributed by atoms with van der Waals surface area (Å²) in [5, 5.41) is 5.55. The topological polar surface area (TPSA) is 84.1 Å². The summed E-state index contributed by atoms with van der Waals surface area (Å²) < 4.78 is 11.0. The summed E-state index contributed by atoms with van der Waals surface area (Å²) in [6.45, 7) is 2.31. The SMILES string of the molecule is CC1=C(C(=O)OCc2ccccc2)C(c2ccccc2)N2C(CC(=O)NCc3ccco3)=CSC2=N1. The molecule has 1 N–H and O–H groups in total. The Morgan fingerprint density at radius 3 is 2.53 bits per heavy atom. The van der Waals surface area contributed by atoms with Crippen LogP contribution in [0.4, 0.5) is 0 Å². The van der Waals surface area contributed by atoms with Gasteiger partial charge in [0.2, 0.25) is 5.91 Å². The molecule has 2 aliphatic rings. The Morgan fingerprint density at radius 1 is 1.06 bits per heavy atom. The van der Waals surface area contributed by atoms with Crippen LogP contribution in [0.15, 0.2) is 111 Å². The summed E-state index contributed by atoms with van der Waals surface area (Å²) in [6, 6.07) is 22.5. The van der Waals surface area contributed by atoms with Crippen molar-refractivity contribution in [1.29, 1.82) is 0 Å². The number of allylic oxidation sites excluding steroid dienone is 1. The Bertz CT molecular complexity index is 1330.